The Morgan fingerprint density at radius 3 is 2.33 bits per heavy atom. The Kier molecular flexibility index (Phi) is 7.33. The van der Waals surface area contributed by atoms with Crippen molar-refractivity contribution in [1.82, 2.24) is 28.9 Å². The van der Waals surface area contributed by atoms with Crippen molar-refractivity contribution in [2.75, 3.05) is 19.0 Å². The number of hydrogen-bond acceptors (Lipinski definition) is 8. The van der Waals surface area contributed by atoms with Gasteiger partial charge in [0.1, 0.15) is 5.75 Å². The van der Waals surface area contributed by atoms with E-state index in [1.54, 1.807) is 19.1 Å². The van der Waals surface area contributed by atoms with Gasteiger partial charge in [-0.25, -0.2) is 14.4 Å². The van der Waals surface area contributed by atoms with Crippen molar-refractivity contribution >= 4 is 34.8 Å². The Bertz CT molecular complexity index is 1850. The molecule has 1 aliphatic heterocycles. The summed E-state index contributed by atoms with van der Waals surface area (Å²) in [6, 6.07) is 12.4. The van der Waals surface area contributed by atoms with Crippen LogP contribution in [0.15, 0.2) is 69.4 Å². The third kappa shape index (κ3) is 4.89. The van der Waals surface area contributed by atoms with Gasteiger partial charge in [0.25, 0.3) is 5.56 Å². The van der Waals surface area contributed by atoms with E-state index in [1.807, 2.05) is 31.2 Å². The molecule has 5 rings (SSSR count). The lowest BCUT2D eigenvalue weighted by Gasteiger charge is -2.35. The Morgan fingerprint density at radius 1 is 1.02 bits per heavy atom. The second-order valence-corrected chi connectivity index (χ2v) is 10.0. The molecule has 4 aromatic rings. The molecule has 0 saturated carbocycles. The largest absolute Gasteiger partial charge is 0.508 e. The number of urea groups is 1. The van der Waals surface area contributed by atoms with Gasteiger partial charge in [0.05, 0.1) is 30.5 Å². The van der Waals surface area contributed by atoms with Gasteiger partial charge in [0.15, 0.2) is 11.2 Å². The van der Waals surface area contributed by atoms with Crippen LogP contribution >= 0.6 is 0 Å². The third-order valence-corrected chi connectivity index (χ3v) is 7.26. The van der Waals surface area contributed by atoms with Crippen LogP contribution in [-0.2, 0) is 30.2 Å². The minimum absolute atomic E-state index is 0.0616. The van der Waals surface area contributed by atoms with Gasteiger partial charge in [-0.15, -0.1) is 0 Å². The van der Waals surface area contributed by atoms with Crippen molar-refractivity contribution in [2.45, 2.75) is 26.4 Å². The first-order chi connectivity index (χ1) is 20.0. The van der Waals surface area contributed by atoms with Gasteiger partial charge in [-0.1, -0.05) is 29.8 Å². The first-order valence-corrected chi connectivity index (χ1v) is 13.2. The molecular weight excluding hydrogens is 542 g/mol. The molecule has 0 fully saturated rings. The molecule has 0 aliphatic carbocycles. The second-order valence-electron chi connectivity index (χ2n) is 10.0. The Morgan fingerprint density at radius 2 is 1.69 bits per heavy atom. The van der Waals surface area contributed by atoms with E-state index in [4.69, 9.17) is 4.74 Å². The fourth-order valence-corrected chi connectivity index (χ4v) is 4.93. The quantitative estimate of drug-likeness (QED) is 0.225. The molecule has 2 amide bonds. The van der Waals surface area contributed by atoms with Gasteiger partial charge >= 0.3 is 17.7 Å². The number of allylic oxidation sites excluding steroid dienone is 1. The maximum Gasteiger partial charge on any atom is 0.338 e. The summed E-state index contributed by atoms with van der Waals surface area (Å²) in [4.78, 5) is 58.9. The molecule has 13 heteroatoms. The SMILES string of the molecule is CCOC(=O)C1=C(Cn2c(Nc3ccc(O)cc3)nc3c2c(=O)n(C)c(=O)n3C)N(C)C(=O)N[C@H]1c1ccc(C)cc1. The highest BCUT2D eigenvalue weighted by molar-refractivity contribution is 5.95. The number of carbonyl (C=O) groups excluding carboxylic acids is 2. The van der Waals surface area contributed by atoms with Gasteiger partial charge in [-0.3, -0.25) is 23.4 Å². The van der Waals surface area contributed by atoms with Crippen LogP contribution in [0.25, 0.3) is 11.2 Å². The molecule has 1 aliphatic rings. The summed E-state index contributed by atoms with van der Waals surface area (Å²) < 4.78 is 9.19. The molecule has 13 nitrogen and oxygen atoms in total. The number of aromatic nitrogens is 4. The smallest absolute Gasteiger partial charge is 0.338 e. The Hall–Kier alpha value is -5.33. The van der Waals surface area contributed by atoms with Crippen molar-refractivity contribution in [1.29, 1.82) is 0 Å². The number of amides is 2. The number of aromatic hydroxyl groups is 1. The number of likely N-dealkylation sites (N-methyl/N-ethyl adjacent to an activating group) is 1. The average molecular weight is 574 g/mol. The minimum Gasteiger partial charge on any atom is -0.508 e. The summed E-state index contributed by atoms with van der Waals surface area (Å²) >= 11 is 0. The van der Waals surface area contributed by atoms with Gasteiger partial charge in [-0.2, -0.15) is 4.98 Å². The molecular formula is C29H31N7O6. The number of benzene rings is 2. The molecule has 2 aromatic carbocycles. The zero-order valence-electron chi connectivity index (χ0n) is 23.8. The summed E-state index contributed by atoms with van der Waals surface area (Å²) in [5, 5.41) is 15.8. The zero-order chi connectivity index (χ0) is 30.3. The number of nitrogens with zero attached hydrogens (tertiary/aromatic N) is 5. The number of phenolic OH excluding ortho intramolecular Hbond substituents is 1. The zero-order valence-corrected chi connectivity index (χ0v) is 23.8. The molecule has 3 N–H and O–H groups in total. The number of imidazole rings is 1. The van der Waals surface area contributed by atoms with Crippen LogP contribution in [0.2, 0.25) is 0 Å². The summed E-state index contributed by atoms with van der Waals surface area (Å²) in [5.41, 5.74) is 1.74. The number of hydrogen-bond donors (Lipinski definition) is 3. The molecule has 1 atom stereocenters. The van der Waals surface area contributed by atoms with Crippen LogP contribution in [-0.4, -0.2) is 54.3 Å². The molecule has 218 valence electrons. The molecule has 42 heavy (non-hydrogen) atoms. The van der Waals surface area contributed by atoms with E-state index in [2.05, 4.69) is 15.6 Å². The van der Waals surface area contributed by atoms with Crippen molar-refractivity contribution in [3.63, 3.8) is 0 Å². The lowest BCUT2D eigenvalue weighted by atomic mass is 9.94. The molecule has 0 bridgehead atoms. The number of aryl methyl sites for hydroxylation is 2. The summed E-state index contributed by atoms with van der Waals surface area (Å²) in [6.07, 6.45) is 0. The Labute approximate surface area is 240 Å². The highest BCUT2D eigenvalue weighted by Gasteiger charge is 2.37. The van der Waals surface area contributed by atoms with E-state index < -0.39 is 29.3 Å². The lowest BCUT2D eigenvalue weighted by Crippen LogP contribution is -2.48. The summed E-state index contributed by atoms with van der Waals surface area (Å²) in [7, 11) is 4.39. The number of nitrogens with one attached hydrogen (secondary N) is 2. The van der Waals surface area contributed by atoms with E-state index in [1.165, 1.54) is 47.3 Å². The van der Waals surface area contributed by atoms with Crippen LogP contribution in [0.5, 0.6) is 5.75 Å². The fourth-order valence-electron chi connectivity index (χ4n) is 4.93. The first-order valence-electron chi connectivity index (χ1n) is 13.2. The molecule has 0 saturated heterocycles. The van der Waals surface area contributed by atoms with Crippen LogP contribution in [0.3, 0.4) is 0 Å². The molecule has 3 heterocycles. The normalized spacial score (nSPS) is 15.2. The number of phenols is 1. The van der Waals surface area contributed by atoms with Crippen molar-refractivity contribution in [3.8, 4) is 5.75 Å². The molecule has 0 unspecified atom stereocenters. The molecule has 2 aromatic heterocycles. The van der Waals surface area contributed by atoms with Crippen molar-refractivity contribution < 1.29 is 19.4 Å². The average Bonchev–Trinajstić information content (AvgIpc) is 3.32. The van der Waals surface area contributed by atoms with Crippen LogP contribution in [0.1, 0.15) is 24.1 Å². The summed E-state index contributed by atoms with van der Waals surface area (Å²) in [5.74, 6) is -0.384. The number of carbonyl (C=O) groups is 2. The first kappa shape index (κ1) is 28.2. The number of ether oxygens (including phenoxy) is 1. The second kappa shape index (κ2) is 10.9. The van der Waals surface area contributed by atoms with E-state index in [0.29, 0.717) is 11.3 Å². The van der Waals surface area contributed by atoms with Gasteiger partial charge in [0, 0.05) is 26.8 Å². The van der Waals surface area contributed by atoms with E-state index in [-0.39, 0.29) is 47.3 Å². The number of rotatable bonds is 7. The predicted molar refractivity (Wildman–Crippen MR) is 155 cm³/mol. The van der Waals surface area contributed by atoms with Crippen molar-refractivity contribution in [3.05, 3.63) is 91.8 Å². The highest BCUT2D eigenvalue weighted by atomic mass is 16.5. The standard InChI is InChI=1S/C29H31N7O6/c1-6-42-26(39)21-20(33(3)28(40)31-22(21)17-9-7-16(2)8-10-17)15-36-23-24(34(4)29(41)35(5)25(23)38)32-27(36)30-18-11-13-19(37)14-12-18/h7-14,22,37H,6,15H2,1-5H3,(H,30,32)(H,31,40)/t22-/m0/s1. The maximum absolute atomic E-state index is 13.5. The molecule has 0 radical (unpaired) electrons. The van der Waals surface area contributed by atoms with E-state index in [9.17, 15) is 24.3 Å². The monoisotopic (exact) mass is 573 g/mol. The van der Waals surface area contributed by atoms with Gasteiger partial charge in [-0.05, 0) is 43.7 Å². The van der Waals surface area contributed by atoms with Gasteiger partial charge < -0.3 is 20.5 Å². The van der Waals surface area contributed by atoms with E-state index >= 15 is 0 Å². The summed E-state index contributed by atoms with van der Waals surface area (Å²) in [6.45, 7) is 3.59. The molecule has 0 spiro atoms. The minimum atomic E-state index is -0.821. The number of anilines is 2. The maximum atomic E-state index is 13.5. The predicted octanol–water partition coefficient (Wildman–Crippen LogP) is 2.40. The number of esters is 1. The van der Waals surface area contributed by atoms with Gasteiger partial charge in [0.2, 0.25) is 5.95 Å². The Balaban J connectivity index is 1.77. The highest BCUT2D eigenvalue weighted by Crippen LogP contribution is 2.33. The van der Waals surface area contributed by atoms with Crippen molar-refractivity contribution in [2.24, 2.45) is 14.1 Å². The fraction of sp³-hybridized carbons (Fsp3) is 0.276. The third-order valence-electron chi connectivity index (χ3n) is 7.26. The van der Waals surface area contributed by atoms with Crippen LogP contribution in [0, 0.1) is 6.92 Å². The number of fused-ring (bicyclic) bond motifs is 1. The van der Waals surface area contributed by atoms with E-state index in [0.717, 1.165) is 10.1 Å². The van der Waals surface area contributed by atoms with Crippen LogP contribution < -0.4 is 21.9 Å². The van der Waals surface area contributed by atoms with Crippen LogP contribution in [0.4, 0.5) is 16.4 Å². The lowest BCUT2D eigenvalue weighted by molar-refractivity contribution is -0.139. The topological polar surface area (TPSA) is 153 Å².